The van der Waals surface area contributed by atoms with Gasteiger partial charge in [0.15, 0.2) is 5.71 Å². The Morgan fingerprint density at radius 2 is 2.38 bits per heavy atom. The van der Waals surface area contributed by atoms with E-state index >= 15 is 0 Å². The molecule has 0 amide bonds. The van der Waals surface area contributed by atoms with Crippen molar-refractivity contribution in [2.75, 3.05) is 19.6 Å². The molecule has 0 saturated carbocycles. The third kappa shape index (κ3) is 1.40. The highest BCUT2D eigenvalue weighted by Gasteiger charge is 2.38. The van der Waals surface area contributed by atoms with E-state index in [0.29, 0.717) is 11.6 Å². The fourth-order valence-corrected chi connectivity index (χ4v) is 2.50. The normalized spacial score (nSPS) is 38.7. The first-order valence-corrected chi connectivity index (χ1v) is 4.69. The van der Waals surface area contributed by atoms with Gasteiger partial charge in [-0.15, -0.1) is 0 Å². The minimum Gasteiger partial charge on any atom is -0.410 e. The van der Waals surface area contributed by atoms with Crippen LogP contribution in [0.25, 0.3) is 0 Å². The maximum absolute atomic E-state index is 8.75. The van der Waals surface area contributed by atoms with Gasteiger partial charge in [-0.1, -0.05) is 5.16 Å². The lowest BCUT2D eigenvalue weighted by Gasteiger charge is -2.21. The monoisotopic (exact) mass is 179 g/mol. The minimum absolute atomic E-state index is 0.178. The molecular weight excluding hydrogens is 166 g/mol. The molecule has 2 aliphatic rings. The van der Waals surface area contributed by atoms with Gasteiger partial charge in [-0.3, -0.25) is 0 Å². The summed E-state index contributed by atoms with van der Waals surface area (Å²) >= 11 is 0. The quantitative estimate of drug-likeness (QED) is 0.366. The zero-order chi connectivity index (χ0) is 9.26. The molecule has 0 spiro atoms. The lowest BCUT2D eigenvalue weighted by molar-refractivity contribution is 0.269. The van der Waals surface area contributed by atoms with Crippen molar-refractivity contribution in [3.63, 3.8) is 0 Å². The molecule has 0 aromatic heterocycles. The summed E-state index contributed by atoms with van der Waals surface area (Å²) < 4.78 is 0. The Hall–Kier alpha value is -1.08. The highest BCUT2D eigenvalue weighted by molar-refractivity contribution is 6.00. The second kappa shape index (κ2) is 3.35. The van der Waals surface area contributed by atoms with Crippen molar-refractivity contribution in [3.05, 3.63) is 0 Å². The molecule has 1 N–H and O–H groups in total. The summed E-state index contributed by atoms with van der Waals surface area (Å²) in [6.07, 6.45) is 2.38. The van der Waals surface area contributed by atoms with E-state index in [2.05, 4.69) is 10.1 Å². The van der Waals surface area contributed by atoms with Gasteiger partial charge >= 0.3 is 0 Å². The number of oxime groups is 1. The van der Waals surface area contributed by atoms with Crippen LogP contribution in [0.2, 0.25) is 0 Å². The number of rotatable bonds is 1. The highest BCUT2D eigenvalue weighted by Crippen LogP contribution is 2.32. The summed E-state index contributed by atoms with van der Waals surface area (Å²) in [6.45, 7) is 3.11. The van der Waals surface area contributed by atoms with Crippen LogP contribution in [-0.2, 0) is 0 Å². The van der Waals surface area contributed by atoms with E-state index in [1.165, 1.54) is 12.8 Å². The highest BCUT2D eigenvalue weighted by atomic mass is 16.4. The molecule has 0 aliphatic carbocycles. The number of nitriles is 1. The van der Waals surface area contributed by atoms with Crippen molar-refractivity contribution in [1.82, 2.24) is 4.90 Å². The van der Waals surface area contributed by atoms with Crippen molar-refractivity contribution in [1.29, 1.82) is 5.26 Å². The molecule has 2 rings (SSSR count). The average Bonchev–Trinajstić information content (AvgIpc) is 2.45. The lowest BCUT2D eigenvalue weighted by Crippen LogP contribution is -2.25. The van der Waals surface area contributed by atoms with Crippen LogP contribution in [-0.4, -0.2) is 35.5 Å². The molecule has 3 unspecified atom stereocenters. The third-order valence-electron chi connectivity index (χ3n) is 3.14. The van der Waals surface area contributed by atoms with Gasteiger partial charge in [0.2, 0.25) is 0 Å². The average molecular weight is 179 g/mol. The van der Waals surface area contributed by atoms with Crippen LogP contribution >= 0.6 is 0 Å². The Kier molecular flexibility index (Phi) is 2.19. The van der Waals surface area contributed by atoms with Gasteiger partial charge < -0.3 is 10.1 Å². The van der Waals surface area contributed by atoms with Gasteiger partial charge in [-0.2, -0.15) is 5.26 Å². The molecule has 2 aliphatic heterocycles. The van der Waals surface area contributed by atoms with E-state index in [4.69, 9.17) is 10.5 Å². The molecule has 3 atom stereocenters. The summed E-state index contributed by atoms with van der Waals surface area (Å²) in [6, 6.07) is 1.98. The van der Waals surface area contributed by atoms with Gasteiger partial charge in [0.25, 0.3) is 0 Å². The van der Waals surface area contributed by atoms with E-state index in [-0.39, 0.29) is 5.92 Å². The molecule has 70 valence electrons. The fraction of sp³-hybridized carbons (Fsp3) is 0.778. The van der Waals surface area contributed by atoms with Crippen molar-refractivity contribution in [2.45, 2.75) is 12.8 Å². The van der Waals surface area contributed by atoms with Crippen LogP contribution in [0.1, 0.15) is 12.8 Å². The molecule has 2 saturated heterocycles. The smallest absolute Gasteiger partial charge is 0.161 e. The van der Waals surface area contributed by atoms with Crippen LogP contribution < -0.4 is 0 Å². The summed E-state index contributed by atoms with van der Waals surface area (Å²) in [5.41, 5.74) is 0.314. The second-order valence-corrected chi connectivity index (χ2v) is 3.87. The Bertz CT molecular complexity index is 269. The van der Waals surface area contributed by atoms with Crippen LogP contribution in [0.3, 0.4) is 0 Å². The maximum atomic E-state index is 8.75. The van der Waals surface area contributed by atoms with Crippen LogP contribution in [0.4, 0.5) is 0 Å². The molecule has 0 aromatic rings. The molecule has 4 heteroatoms. The third-order valence-corrected chi connectivity index (χ3v) is 3.14. The predicted molar refractivity (Wildman–Crippen MR) is 47.5 cm³/mol. The predicted octanol–water partition coefficient (Wildman–Crippen LogP) is 0.682. The molecule has 2 heterocycles. The standard InChI is InChI=1S/C9H13N3O/c10-4-9(11-13)8-6-12-3-1-2-7(8)5-12/h7-8,13H,1-3,5-6H2/b11-9-. The van der Waals surface area contributed by atoms with E-state index in [1.54, 1.807) is 0 Å². The molecule has 2 fully saturated rings. The first-order valence-electron chi connectivity index (χ1n) is 4.69. The molecule has 2 bridgehead atoms. The van der Waals surface area contributed by atoms with Gasteiger partial charge in [0, 0.05) is 19.0 Å². The molecule has 13 heavy (non-hydrogen) atoms. The van der Waals surface area contributed by atoms with Crippen molar-refractivity contribution >= 4 is 5.71 Å². The lowest BCUT2D eigenvalue weighted by atomic mass is 9.88. The Morgan fingerprint density at radius 1 is 1.54 bits per heavy atom. The SMILES string of the molecule is N#C/C(=N/O)C1CN2CCCC1C2. The van der Waals surface area contributed by atoms with E-state index in [1.807, 2.05) is 6.07 Å². The Balaban J connectivity index is 2.13. The summed E-state index contributed by atoms with van der Waals surface area (Å²) in [4.78, 5) is 2.35. The van der Waals surface area contributed by atoms with Crippen molar-refractivity contribution in [2.24, 2.45) is 17.0 Å². The van der Waals surface area contributed by atoms with Crippen LogP contribution in [0, 0.1) is 23.2 Å². The Labute approximate surface area is 77.4 Å². The van der Waals surface area contributed by atoms with Gasteiger partial charge in [-0.25, -0.2) is 0 Å². The van der Waals surface area contributed by atoms with Crippen molar-refractivity contribution in [3.8, 4) is 6.07 Å². The zero-order valence-corrected chi connectivity index (χ0v) is 7.48. The van der Waals surface area contributed by atoms with Crippen LogP contribution in [0.15, 0.2) is 5.16 Å². The largest absolute Gasteiger partial charge is 0.410 e. The first kappa shape index (κ1) is 8.52. The number of nitrogens with zero attached hydrogens (tertiary/aromatic N) is 3. The van der Waals surface area contributed by atoms with Crippen molar-refractivity contribution < 1.29 is 5.21 Å². The topological polar surface area (TPSA) is 59.6 Å². The van der Waals surface area contributed by atoms with Gasteiger partial charge in [-0.05, 0) is 25.3 Å². The molecular formula is C9H13N3O. The maximum Gasteiger partial charge on any atom is 0.161 e. The second-order valence-electron chi connectivity index (χ2n) is 3.87. The van der Waals surface area contributed by atoms with Crippen LogP contribution in [0.5, 0.6) is 0 Å². The van der Waals surface area contributed by atoms with Gasteiger partial charge in [0.05, 0.1) is 0 Å². The molecule has 0 radical (unpaired) electrons. The number of piperidine rings is 1. The molecule has 0 aromatic carbocycles. The molecule has 4 nitrogen and oxygen atoms in total. The number of hydrogen-bond donors (Lipinski definition) is 1. The number of fused-ring (bicyclic) bond motifs is 2. The van der Waals surface area contributed by atoms with E-state index in [9.17, 15) is 0 Å². The summed E-state index contributed by atoms with van der Waals surface area (Å²) in [5.74, 6) is 0.719. The first-order chi connectivity index (χ1) is 6.35. The van der Waals surface area contributed by atoms with Gasteiger partial charge in [0.1, 0.15) is 6.07 Å². The van der Waals surface area contributed by atoms with E-state index < -0.39 is 0 Å². The van der Waals surface area contributed by atoms with E-state index in [0.717, 1.165) is 19.6 Å². The zero-order valence-electron chi connectivity index (χ0n) is 7.48. The summed E-state index contributed by atoms with van der Waals surface area (Å²) in [5, 5.41) is 20.5. The number of hydrogen-bond acceptors (Lipinski definition) is 4. The minimum atomic E-state index is 0.178. The fourth-order valence-electron chi connectivity index (χ4n) is 2.50. The summed E-state index contributed by atoms with van der Waals surface area (Å²) in [7, 11) is 0. The Morgan fingerprint density at radius 3 is 3.00 bits per heavy atom.